The number of benzene rings is 1. The Kier molecular flexibility index (Phi) is 4.02. The zero-order valence-corrected chi connectivity index (χ0v) is 11.1. The number of hydrogen-bond acceptors (Lipinski definition) is 4. The molecule has 2 rings (SSSR count). The molecular weight excluding hydrogens is 254 g/mol. The summed E-state index contributed by atoms with van der Waals surface area (Å²) < 4.78 is 5.56. The molecule has 0 bridgehead atoms. The Morgan fingerprint density at radius 1 is 1.53 bits per heavy atom. The molecule has 0 radical (unpaired) electrons. The number of nitrogens with zero attached hydrogens (tertiary/aromatic N) is 1. The lowest BCUT2D eigenvalue weighted by Crippen LogP contribution is -2.39. The molecule has 0 saturated carbocycles. The van der Waals surface area contributed by atoms with E-state index >= 15 is 0 Å². The molecule has 5 heteroatoms. The molecule has 1 aliphatic rings. The molecule has 90 valence electrons. The minimum absolute atomic E-state index is 0.215. The van der Waals surface area contributed by atoms with Crippen molar-refractivity contribution in [2.24, 2.45) is 0 Å². The third kappa shape index (κ3) is 2.79. The average molecular weight is 267 g/mol. The Bertz CT molecular complexity index is 422. The second-order valence-corrected chi connectivity index (χ2v) is 5.38. The van der Waals surface area contributed by atoms with Crippen molar-refractivity contribution < 1.29 is 9.53 Å². The van der Waals surface area contributed by atoms with Crippen LogP contribution in [0.3, 0.4) is 0 Å². The smallest absolute Gasteiger partial charge is 0.329 e. The van der Waals surface area contributed by atoms with E-state index in [1.54, 1.807) is 0 Å². The van der Waals surface area contributed by atoms with E-state index in [1.165, 1.54) is 18.9 Å². The van der Waals surface area contributed by atoms with Crippen LogP contribution < -0.4 is 0 Å². The molecule has 3 nitrogen and oxygen atoms in total. The van der Waals surface area contributed by atoms with Gasteiger partial charge in [-0.2, -0.15) is 0 Å². The summed E-state index contributed by atoms with van der Waals surface area (Å²) in [7, 11) is 1.41. The first-order chi connectivity index (χ1) is 8.22. The van der Waals surface area contributed by atoms with Crippen molar-refractivity contribution in [3.63, 3.8) is 0 Å². The fraction of sp³-hybridized carbons (Fsp3) is 0.333. The number of thiocarbonyl (C=S) groups is 1. The third-order valence-corrected chi connectivity index (χ3v) is 4.20. The SMILES string of the molecule is COC(=O)C1CSC(=S)N1Cc1ccccc1. The van der Waals surface area contributed by atoms with E-state index in [1.807, 2.05) is 35.2 Å². The van der Waals surface area contributed by atoms with Crippen LogP contribution >= 0.6 is 24.0 Å². The lowest BCUT2D eigenvalue weighted by molar-refractivity contribution is -0.144. The standard InChI is InChI=1S/C12H13NO2S2/c1-15-11(14)10-8-17-12(16)13(10)7-9-5-3-2-4-6-9/h2-6,10H,7-8H2,1H3. The van der Waals surface area contributed by atoms with E-state index in [0.29, 0.717) is 12.3 Å². The highest BCUT2D eigenvalue weighted by atomic mass is 32.2. The Balaban J connectivity index is 2.12. The summed E-state index contributed by atoms with van der Waals surface area (Å²) >= 11 is 6.80. The number of ether oxygens (including phenoxy) is 1. The van der Waals surface area contributed by atoms with Crippen LogP contribution in [0.25, 0.3) is 0 Å². The van der Waals surface area contributed by atoms with Crippen LogP contribution in [-0.2, 0) is 16.1 Å². The maximum absolute atomic E-state index is 11.6. The van der Waals surface area contributed by atoms with E-state index in [9.17, 15) is 4.79 Å². The van der Waals surface area contributed by atoms with Crippen LogP contribution in [0.15, 0.2) is 30.3 Å². The zero-order chi connectivity index (χ0) is 12.3. The predicted octanol–water partition coefficient (Wildman–Crippen LogP) is 2.06. The Morgan fingerprint density at radius 3 is 2.88 bits per heavy atom. The normalized spacial score (nSPS) is 19.5. The Labute approximate surface area is 110 Å². The molecule has 0 amide bonds. The molecule has 0 aliphatic carbocycles. The number of esters is 1. The third-order valence-electron chi connectivity index (χ3n) is 2.64. The molecule has 17 heavy (non-hydrogen) atoms. The van der Waals surface area contributed by atoms with E-state index in [-0.39, 0.29) is 12.0 Å². The van der Waals surface area contributed by atoms with Gasteiger partial charge in [-0.05, 0) is 5.56 Å². The summed E-state index contributed by atoms with van der Waals surface area (Å²) in [6.45, 7) is 0.659. The van der Waals surface area contributed by atoms with Crippen LogP contribution in [0, 0.1) is 0 Å². The van der Waals surface area contributed by atoms with Gasteiger partial charge in [0, 0.05) is 12.3 Å². The maximum atomic E-state index is 11.6. The maximum Gasteiger partial charge on any atom is 0.329 e. The fourth-order valence-corrected chi connectivity index (χ4v) is 3.11. The molecular formula is C12H13NO2S2. The van der Waals surface area contributed by atoms with Crippen LogP contribution in [0.5, 0.6) is 0 Å². The highest BCUT2D eigenvalue weighted by Crippen LogP contribution is 2.26. The highest BCUT2D eigenvalue weighted by Gasteiger charge is 2.35. The quantitative estimate of drug-likeness (QED) is 0.618. The van der Waals surface area contributed by atoms with Crippen molar-refractivity contribution in [3.8, 4) is 0 Å². The summed E-state index contributed by atoms with van der Waals surface area (Å²) in [5, 5.41) is 0. The second-order valence-electron chi connectivity index (χ2n) is 3.73. The van der Waals surface area contributed by atoms with Crippen LogP contribution in [-0.4, -0.2) is 34.1 Å². The molecule has 1 atom stereocenters. The number of methoxy groups -OCH3 is 1. The van der Waals surface area contributed by atoms with Crippen LogP contribution in [0.2, 0.25) is 0 Å². The monoisotopic (exact) mass is 267 g/mol. The molecule has 0 spiro atoms. The van der Waals surface area contributed by atoms with Gasteiger partial charge in [-0.15, -0.1) is 0 Å². The summed E-state index contributed by atoms with van der Waals surface area (Å²) in [5.41, 5.74) is 1.14. The predicted molar refractivity (Wildman–Crippen MR) is 72.8 cm³/mol. The van der Waals surface area contributed by atoms with Gasteiger partial charge in [0.15, 0.2) is 0 Å². The first-order valence-electron chi connectivity index (χ1n) is 5.27. The number of hydrogen-bond donors (Lipinski definition) is 0. The lowest BCUT2D eigenvalue weighted by atomic mass is 10.2. The Morgan fingerprint density at radius 2 is 2.24 bits per heavy atom. The molecule has 1 aliphatic heterocycles. The molecule has 1 heterocycles. The fourth-order valence-electron chi connectivity index (χ4n) is 1.74. The first kappa shape index (κ1) is 12.4. The van der Waals surface area contributed by atoms with Crippen molar-refractivity contribution in [2.45, 2.75) is 12.6 Å². The van der Waals surface area contributed by atoms with Crippen molar-refractivity contribution in [1.82, 2.24) is 4.90 Å². The number of carbonyl (C=O) groups excluding carboxylic acids is 1. The molecule has 1 aromatic rings. The summed E-state index contributed by atoms with van der Waals surface area (Å²) in [4.78, 5) is 13.6. The number of carbonyl (C=O) groups is 1. The van der Waals surface area contributed by atoms with Crippen molar-refractivity contribution in [1.29, 1.82) is 0 Å². The van der Waals surface area contributed by atoms with Crippen LogP contribution in [0.4, 0.5) is 0 Å². The molecule has 1 aromatic carbocycles. The summed E-state index contributed by atoms with van der Waals surface area (Å²) in [6.07, 6.45) is 0. The topological polar surface area (TPSA) is 29.5 Å². The second kappa shape index (κ2) is 5.51. The van der Waals surface area contributed by atoms with Gasteiger partial charge in [-0.25, -0.2) is 4.79 Å². The minimum atomic E-state index is -0.252. The van der Waals surface area contributed by atoms with Gasteiger partial charge >= 0.3 is 5.97 Å². The van der Waals surface area contributed by atoms with E-state index in [0.717, 1.165) is 9.88 Å². The largest absolute Gasteiger partial charge is 0.467 e. The lowest BCUT2D eigenvalue weighted by Gasteiger charge is -2.23. The number of thioether (sulfide) groups is 1. The van der Waals surface area contributed by atoms with Gasteiger partial charge in [0.25, 0.3) is 0 Å². The van der Waals surface area contributed by atoms with E-state index in [2.05, 4.69) is 0 Å². The van der Waals surface area contributed by atoms with E-state index in [4.69, 9.17) is 17.0 Å². The summed E-state index contributed by atoms with van der Waals surface area (Å²) in [6, 6.07) is 9.74. The van der Waals surface area contributed by atoms with Gasteiger partial charge in [0.1, 0.15) is 10.4 Å². The van der Waals surface area contributed by atoms with Crippen molar-refractivity contribution in [2.75, 3.05) is 12.9 Å². The van der Waals surface area contributed by atoms with Crippen LogP contribution in [0.1, 0.15) is 5.56 Å². The zero-order valence-electron chi connectivity index (χ0n) is 9.46. The van der Waals surface area contributed by atoms with Gasteiger partial charge in [-0.1, -0.05) is 54.3 Å². The molecule has 0 aromatic heterocycles. The molecule has 1 unspecified atom stereocenters. The van der Waals surface area contributed by atoms with E-state index < -0.39 is 0 Å². The molecule has 1 fully saturated rings. The Hall–Kier alpha value is -1.07. The number of rotatable bonds is 3. The first-order valence-corrected chi connectivity index (χ1v) is 6.67. The van der Waals surface area contributed by atoms with Crippen molar-refractivity contribution in [3.05, 3.63) is 35.9 Å². The van der Waals surface area contributed by atoms with Gasteiger partial charge in [-0.3, -0.25) is 0 Å². The average Bonchev–Trinajstić information content (AvgIpc) is 2.72. The minimum Gasteiger partial charge on any atom is -0.467 e. The highest BCUT2D eigenvalue weighted by molar-refractivity contribution is 8.23. The van der Waals surface area contributed by atoms with Gasteiger partial charge in [0.2, 0.25) is 0 Å². The molecule has 0 N–H and O–H groups in total. The molecule has 1 saturated heterocycles. The van der Waals surface area contributed by atoms with Gasteiger partial charge < -0.3 is 9.64 Å². The summed E-state index contributed by atoms with van der Waals surface area (Å²) in [5.74, 6) is 0.464. The van der Waals surface area contributed by atoms with Crippen molar-refractivity contribution >= 4 is 34.3 Å². The van der Waals surface area contributed by atoms with Gasteiger partial charge in [0.05, 0.1) is 7.11 Å².